The summed E-state index contributed by atoms with van der Waals surface area (Å²) in [4.78, 5) is 5.63. The van der Waals surface area contributed by atoms with Gasteiger partial charge in [0.1, 0.15) is 10.8 Å². The largest absolute Gasteiger partial charge is 0.243 e. The number of hydrogen-bond donors (Lipinski definition) is 0. The molecular weight excluding hydrogens is 407 g/mol. The zero-order valence-electron chi connectivity index (χ0n) is 14.4. The molecule has 0 saturated heterocycles. The molecular formula is C19H16ClFN2O2S2. The first-order valence-electron chi connectivity index (χ1n) is 8.35. The minimum Gasteiger partial charge on any atom is -0.241 e. The van der Waals surface area contributed by atoms with Gasteiger partial charge in [0.2, 0.25) is 10.0 Å². The average Bonchev–Trinajstić information content (AvgIpc) is 3.07. The van der Waals surface area contributed by atoms with Crippen LogP contribution in [0.4, 0.5) is 4.39 Å². The van der Waals surface area contributed by atoms with Crippen LogP contribution in [0.3, 0.4) is 0 Å². The van der Waals surface area contributed by atoms with E-state index in [4.69, 9.17) is 16.6 Å². The molecule has 0 N–H and O–H groups in total. The lowest BCUT2D eigenvalue weighted by Crippen LogP contribution is -2.35. The van der Waals surface area contributed by atoms with Gasteiger partial charge >= 0.3 is 0 Å². The van der Waals surface area contributed by atoms with Gasteiger partial charge in [-0.1, -0.05) is 41.4 Å². The van der Waals surface area contributed by atoms with Crippen molar-refractivity contribution < 1.29 is 12.8 Å². The van der Waals surface area contributed by atoms with Crippen molar-refractivity contribution in [1.82, 2.24) is 9.29 Å². The fourth-order valence-corrected chi connectivity index (χ4v) is 5.87. The standard InChI is InChI=1S/C19H16ClFN2O2S2/c1-12-2-4-13(5-3-12)19-22-17-8-9-23(11-18(17)26-19)27(24,25)14-6-7-16(21)15(20)10-14/h2-7,10H,8-9,11H2,1H3. The van der Waals surface area contributed by atoms with Crippen LogP contribution in [0.1, 0.15) is 16.1 Å². The molecule has 4 nitrogen and oxygen atoms in total. The van der Waals surface area contributed by atoms with Crippen molar-refractivity contribution >= 4 is 33.0 Å². The number of benzene rings is 2. The molecule has 1 aliphatic rings. The number of aryl methyl sites for hydroxylation is 1. The molecule has 0 fully saturated rings. The number of nitrogens with zero attached hydrogens (tertiary/aromatic N) is 2. The SMILES string of the molecule is Cc1ccc(-c2nc3c(s2)CN(S(=O)(=O)c2ccc(F)c(Cl)c2)CC3)cc1. The van der Waals surface area contributed by atoms with Crippen molar-refractivity contribution in [1.29, 1.82) is 0 Å². The highest BCUT2D eigenvalue weighted by molar-refractivity contribution is 7.89. The molecule has 0 radical (unpaired) electrons. The molecule has 0 saturated carbocycles. The van der Waals surface area contributed by atoms with E-state index < -0.39 is 15.8 Å². The van der Waals surface area contributed by atoms with Gasteiger partial charge in [0.05, 0.1) is 22.2 Å². The third kappa shape index (κ3) is 3.52. The lowest BCUT2D eigenvalue weighted by Gasteiger charge is -2.25. The smallest absolute Gasteiger partial charge is 0.241 e. The zero-order valence-corrected chi connectivity index (χ0v) is 16.8. The molecule has 0 spiro atoms. The summed E-state index contributed by atoms with van der Waals surface area (Å²) in [5.74, 6) is -0.637. The molecule has 8 heteroatoms. The minimum atomic E-state index is -3.74. The van der Waals surface area contributed by atoms with Crippen LogP contribution in [0.25, 0.3) is 10.6 Å². The summed E-state index contributed by atoms with van der Waals surface area (Å²) >= 11 is 7.27. The Labute approximate surface area is 166 Å². The van der Waals surface area contributed by atoms with Crippen molar-refractivity contribution in [3.05, 3.63) is 69.4 Å². The summed E-state index contributed by atoms with van der Waals surface area (Å²) in [6, 6.07) is 11.6. The van der Waals surface area contributed by atoms with Crippen LogP contribution in [0.5, 0.6) is 0 Å². The van der Waals surface area contributed by atoms with E-state index in [1.165, 1.54) is 27.3 Å². The van der Waals surface area contributed by atoms with Crippen LogP contribution in [-0.2, 0) is 23.0 Å². The molecule has 0 unspecified atom stereocenters. The van der Waals surface area contributed by atoms with Gasteiger partial charge in [-0.2, -0.15) is 4.31 Å². The molecule has 27 heavy (non-hydrogen) atoms. The number of fused-ring (bicyclic) bond motifs is 1. The van der Waals surface area contributed by atoms with Crippen LogP contribution in [0.15, 0.2) is 47.4 Å². The van der Waals surface area contributed by atoms with Gasteiger partial charge in [0.15, 0.2) is 0 Å². The number of rotatable bonds is 3. The maximum absolute atomic E-state index is 13.4. The molecule has 0 aliphatic carbocycles. The summed E-state index contributed by atoms with van der Waals surface area (Å²) in [6.07, 6.45) is 0.547. The lowest BCUT2D eigenvalue weighted by atomic mass is 10.1. The molecule has 4 rings (SSSR count). The van der Waals surface area contributed by atoms with E-state index >= 15 is 0 Å². The van der Waals surface area contributed by atoms with Crippen LogP contribution in [0.2, 0.25) is 5.02 Å². The average molecular weight is 423 g/mol. The van der Waals surface area contributed by atoms with Crippen LogP contribution < -0.4 is 0 Å². The summed E-state index contributed by atoms with van der Waals surface area (Å²) in [5.41, 5.74) is 3.15. The second-order valence-corrected chi connectivity index (χ2v) is 9.85. The number of hydrogen-bond acceptors (Lipinski definition) is 4. The minimum absolute atomic E-state index is 0.000577. The van der Waals surface area contributed by atoms with Crippen molar-refractivity contribution in [2.24, 2.45) is 0 Å². The van der Waals surface area contributed by atoms with Crippen LogP contribution >= 0.6 is 22.9 Å². The number of thiazole rings is 1. The molecule has 140 valence electrons. The first kappa shape index (κ1) is 18.6. The molecule has 1 aromatic heterocycles. The van der Waals surface area contributed by atoms with E-state index in [1.807, 2.05) is 31.2 Å². The zero-order chi connectivity index (χ0) is 19.2. The fraction of sp³-hybridized carbons (Fsp3) is 0.211. The van der Waals surface area contributed by atoms with Gasteiger partial charge in [-0.25, -0.2) is 17.8 Å². The molecule has 0 bridgehead atoms. The van der Waals surface area contributed by atoms with Crippen molar-refractivity contribution in [2.45, 2.75) is 24.8 Å². The van der Waals surface area contributed by atoms with Gasteiger partial charge in [-0.05, 0) is 25.1 Å². The van der Waals surface area contributed by atoms with Gasteiger partial charge in [0.25, 0.3) is 0 Å². The van der Waals surface area contributed by atoms with Crippen molar-refractivity contribution in [3.8, 4) is 10.6 Å². The Bertz CT molecular complexity index is 1110. The van der Waals surface area contributed by atoms with Crippen molar-refractivity contribution in [2.75, 3.05) is 6.54 Å². The lowest BCUT2D eigenvalue weighted by molar-refractivity contribution is 0.393. The summed E-state index contributed by atoms with van der Waals surface area (Å²) in [6.45, 7) is 2.62. The van der Waals surface area contributed by atoms with E-state index in [1.54, 1.807) is 0 Å². The highest BCUT2D eigenvalue weighted by atomic mass is 35.5. The molecule has 0 atom stereocenters. The summed E-state index contributed by atoms with van der Waals surface area (Å²) in [7, 11) is -3.74. The molecule has 2 heterocycles. The topological polar surface area (TPSA) is 50.3 Å². The first-order valence-corrected chi connectivity index (χ1v) is 11.0. The Morgan fingerprint density at radius 2 is 1.93 bits per heavy atom. The first-order chi connectivity index (χ1) is 12.8. The van der Waals surface area contributed by atoms with E-state index in [9.17, 15) is 12.8 Å². The normalized spacial score (nSPS) is 14.9. The highest BCUT2D eigenvalue weighted by Crippen LogP contribution is 2.34. The monoisotopic (exact) mass is 422 g/mol. The second kappa shape index (κ2) is 6.98. The molecule has 3 aromatic rings. The quantitative estimate of drug-likeness (QED) is 0.616. The Balaban J connectivity index is 1.62. The van der Waals surface area contributed by atoms with Crippen molar-refractivity contribution in [3.63, 3.8) is 0 Å². The number of halogens is 2. The molecule has 0 amide bonds. The third-order valence-corrected chi connectivity index (χ3v) is 7.79. The summed E-state index contributed by atoms with van der Waals surface area (Å²) in [5, 5.41) is 0.692. The van der Waals surface area contributed by atoms with Crippen LogP contribution in [0, 0.1) is 12.7 Å². The van der Waals surface area contributed by atoms with E-state index in [-0.39, 0.29) is 16.5 Å². The van der Waals surface area contributed by atoms with Gasteiger partial charge in [-0.3, -0.25) is 0 Å². The van der Waals surface area contributed by atoms with Gasteiger partial charge < -0.3 is 0 Å². The molecule has 1 aliphatic heterocycles. The number of aromatic nitrogens is 1. The third-order valence-electron chi connectivity index (χ3n) is 4.52. The molecule has 2 aromatic carbocycles. The highest BCUT2D eigenvalue weighted by Gasteiger charge is 2.31. The Kier molecular flexibility index (Phi) is 4.80. The second-order valence-electron chi connectivity index (χ2n) is 6.42. The predicted molar refractivity (Wildman–Crippen MR) is 105 cm³/mol. The van der Waals surface area contributed by atoms with E-state index in [0.717, 1.165) is 33.3 Å². The maximum Gasteiger partial charge on any atom is 0.243 e. The summed E-state index contributed by atoms with van der Waals surface area (Å²) < 4.78 is 40.6. The van der Waals surface area contributed by atoms with E-state index in [0.29, 0.717) is 13.0 Å². The fourth-order valence-electron chi connectivity index (χ4n) is 2.98. The van der Waals surface area contributed by atoms with E-state index in [2.05, 4.69) is 0 Å². The Hall–Kier alpha value is -1.80. The van der Waals surface area contributed by atoms with Gasteiger partial charge in [0, 0.05) is 23.4 Å². The van der Waals surface area contributed by atoms with Gasteiger partial charge in [-0.15, -0.1) is 11.3 Å². The Morgan fingerprint density at radius 3 is 2.63 bits per heavy atom. The number of sulfonamides is 1. The maximum atomic E-state index is 13.4. The van der Waals surface area contributed by atoms with Crippen LogP contribution in [-0.4, -0.2) is 24.3 Å². The predicted octanol–water partition coefficient (Wildman–Crippen LogP) is 4.66. The Morgan fingerprint density at radius 1 is 1.19 bits per heavy atom.